The van der Waals surface area contributed by atoms with E-state index in [9.17, 15) is 18.9 Å². The van der Waals surface area contributed by atoms with Gasteiger partial charge in [-0.15, -0.1) is 0 Å². The quantitative estimate of drug-likeness (QED) is 0.0413. The van der Waals surface area contributed by atoms with Crippen molar-refractivity contribution in [2.45, 2.75) is 196 Å². The molecule has 0 bridgehead atoms. The molecule has 0 aliphatic carbocycles. The van der Waals surface area contributed by atoms with Gasteiger partial charge in [-0.05, 0) is 61.5 Å². The van der Waals surface area contributed by atoms with Gasteiger partial charge in [-0.1, -0.05) is 206 Å². The topological polar surface area (TPSA) is 98.7 Å². The summed E-state index contributed by atoms with van der Waals surface area (Å²) in [5, 5.41) is 0.604. The van der Waals surface area contributed by atoms with Gasteiger partial charge in [0, 0.05) is 10.6 Å². The van der Waals surface area contributed by atoms with Crippen LogP contribution in [0.1, 0.15) is 194 Å². The molecule has 6 nitrogen and oxygen atoms in total. The zero-order chi connectivity index (χ0) is 39.9. The Morgan fingerprint density at radius 1 is 0.455 bits per heavy atom. The van der Waals surface area contributed by atoms with Crippen molar-refractivity contribution in [3.63, 3.8) is 0 Å². The molecule has 2 rings (SSSR count). The predicted molar refractivity (Wildman–Crippen MR) is 229 cm³/mol. The fraction of sp³-hybridized carbons (Fsp3) is 0.739. The van der Waals surface area contributed by atoms with E-state index >= 15 is 0 Å². The minimum Gasteiger partial charge on any atom is -0.775 e. The van der Waals surface area contributed by atoms with Crippen LogP contribution in [-0.4, -0.2) is 13.2 Å². The van der Waals surface area contributed by atoms with Gasteiger partial charge in [0.2, 0.25) is 0 Å². The summed E-state index contributed by atoms with van der Waals surface area (Å²) in [5.41, 5.74) is 2.42. The van der Waals surface area contributed by atoms with Crippen LogP contribution in [0.4, 0.5) is 0 Å². The summed E-state index contributed by atoms with van der Waals surface area (Å²) in [6.45, 7) is 13.6. The molecule has 55 heavy (non-hydrogen) atoms. The smallest absolute Gasteiger partial charge is 0.775 e. The second kappa shape index (κ2) is 34.1. The number of aryl methyl sites for hydroxylation is 2. The first-order valence-corrected chi connectivity index (χ1v) is 25.2. The molecule has 320 valence electrons. The molecule has 9 heteroatoms. The second-order valence-electron chi connectivity index (χ2n) is 15.5. The molecule has 0 N–H and O–H groups in total. The fourth-order valence-electron chi connectivity index (χ4n) is 6.62. The van der Waals surface area contributed by atoms with Crippen LogP contribution in [-0.2, 0) is 47.5 Å². The van der Waals surface area contributed by atoms with Crippen LogP contribution >= 0.6 is 15.2 Å². The van der Waals surface area contributed by atoms with Crippen LogP contribution < -0.4 is 20.4 Å². The minimum atomic E-state index is -3.96. The average molecular weight is 850 g/mol. The molecule has 0 aromatic heterocycles. The van der Waals surface area contributed by atoms with Crippen LogP contribution in [0.5, 0.6) is 0 Å². The molecule has 0 radical (unpaired) electrons. The monoisotopic (exact) mass is 848 g/mol. The second-order valence-corrected chi connectivity index (χ2v) is 19.0. The zero-order valence-electron chi connectivity index (χ0n) is 35.8. The van der Waals surface area contributed by atoms with E-state index in [-0.39, 0.29) is 16.5 Å². The number of hydrogen-bond donors (Lipinski definition) is 0. The van der Waals surface area contributed by atoms with Crippen LogP contribution in [0.25, 0.3) is 0 Å². The maximum atomic E-state index is 12.4. The Labute approximate surface area is 349 Å². The van der Waals surface area contributed by atoms with E-state index in [2.05, 4.69) is 41.5 Å². The Morgan fingerprint density at radius 2 is 0.745 bits per heavy atom. The van der Waals surface area contributed by atoms with E-state index in [1.165, 1.54) is 101 Å². The van der Waals surface area contributed by atoms with Gasteiger partial charge >= 0.3 is 16.5 Å². The van der Waals surface area contributed by atoms with Crippen molar-refractivity contribution in [3.05, 3.63) is 59.7 Å². The van der Waals surface area contributed by atoms with E-state index in [1.54, 1.807) is 24.3 Å². The van der Waals surface area contributed by atoms with E-state index in [0.29, 0.717) is 35.7 Å². The first kappa shape index (κ1) is 54.2. The van der Waals surface area contributed by atoms with Crippen molar-refractivity contribution in [2.75, 3.05) is 13.2 Å². The largest absolute Gasteiger partial charge is 2.00 e. The molecule has 0 fully saturated rings. The van der Waals surface area contributed by atoms with Crippen molar-refractivity contribution >= 4 is 25.8 Å². The third-order valence-electron chi connectivity index (χ3n) is 10.7. The van der Waals surface area contributed by atoms with Crippen molar-refractivity contribution < 1.29 is 44.5 Å². The predicted octanol–water partition coefficient (Wildman–Crippen LogP) is 12.8. The third-order valence-corrected chi connectivity index (χ3v) is 13.5. The Morgan fingerprint density at radius 3 is 1.04 bits per heavy atom. The van der Waals surface area contributed by atoms with Crippen molar-refractivity contribution in [2.24, 2.45) is 11.8 Å². The maximum absolute atomic E-state index is 12.4. The van der Waals surface area contributed by atoms with Crippen molar-refractivity contribution in [1.82, 2.24) is 0 Å². The summed E-state index contributed by atoms with van der Waals surface area (Å²) in [6, 6.07) is 14.6. The van der Waals surface area contributed by atoms with Gasteiger partial charge in [0.25, 0.3) is 0 Å². The molecule has 2 aromatic carbocycles. The molecule has 4 atom stereocenters. The van der Waals surface area contributed by atoms with Gasteiger partial charge in [-0.3, -0.25) is 0 Å². The van der Waals surface area contributed by atoms with E-state index in [0.717, 1.165) is 64.2 Å². The number of hydrogen-bond acceptors (Lipinski definition) is 6. The number of rotatable bonds is 32. The summed E-state index contributed by atoms with van der Waals surface area (Å²) in [4.78, 5) is 24.9. The van der Waals surface area contributed by atoms with Crippen LogP contribution in [0, 0.1) is 11.8 Å². The standard InChI is InChI=1S/2C23H41O3P.Ni/c2*1-4-7-9-10-11-12-13-15-22-16-18-23(19-17-22)27(24,25)26-20-21(6-3)14-8-5-2;/h2*16-19,21H,4-15,20H2,1-3H3,(H,24,25);/q;;+2/p-2. The van der Waals surface area contributed by atoms with Crippen molar-refractivity contribution in [1.29, 1.82) is 0 Å². The van der Waals surface area contributed by atoms with Gasteiger partial charge in [0.1, 0.15) is 0 Å². The summed E-state index contributed by atoms with van der Waals surface area (Å²) in [6.07, 6.45) is 28.6. The van der Waals surface area contributed by atoms with Gasteiger partial charge in [0.05, 0.1) is 13.2 Å². The van der Waals surface area contributed by atoms with Crippen LogP contribution in [0.2, 0.25) is 0 Å². The first-order valence-electron chi connectivity index (χ1n) is 22.2. The number of unbranched alkanes of at least 4 members (excludes halogenated alkanes) is 14. The zero-order valence-corrected chi connectivity index (χ0v) is 38.6. The molecule has 0 spiro atoms. The molecule has 0 heterocycles. The minimum absolute atomic E-state index is 0. The summed E-state index contributed by atoms with van der Waals surface area (Å²) in [5.74, 6) is 0.646. The van der Waals surface area contributed by atoms with Gasteiger partial charge in [-0.2, -0.15) is 0 Å². The summed E-state index contributed by atoms with van der Waals surface area (Å²) in [7, 11) is -7.92. The van der Waals surface area contributed by atoms with Gasteiger partial charge < -0.3 is 28.0 Å². The molecular formula is C46H80NiO6P2. The first-order chi connectivity index (χ1) is 26.1. The Bertz CT molecular complexity index is 1160. The molecule has 0 saturated carbocycles. The Hall–Kier alpha value is -0.766. The van der Waals surface area contributed by atoms with Gasteiger partial charge in [-0.25, -0.2) is 0 Å². The fourth-order valence-corrected chi connectivity index (χ4v) is 8.76. The normalized spacial score (nSPS) is 14.5. The van der Waals surface area contributed by atoms with E-state index in [4.69, 9.17) is 9.05 Å². The van der Waals surface area contributed by atoms with Crippen molar-refractivity contribution in [3.8, 4) is 0 Å². The molecule has 0 aliphatic rings. The molecule has 2 aromatic rings. The molecular weight excluding hydrogens is 769 g/mol. The Kier molecular flexibility index (Phi) is 33.7. The number of benzene rings is 2. The third kappa shape index (κ3) is 26.1. The van der Waals surface area contributed by atoms with Gasteiger partial charge in [0.15, 0.2) is 15.2 Å². The molecule has 4 unspecified atom stereocenters. The SMILES string of the molecule is CCCCCCCCCc1ccc(P(=O)([O-])OCC(CC)CCCC)cc1.CCCCCCCCCc1ccc(P(=O)([O-])OCC(CC)CCCC)cc1.[Ni+2]. The van der Waals surface area contributed by atoms with E-state index in [1.807, 2.05) is 24.3 Å². The molecule has 0 amide bonds. The molecule has 0 saturated heterocycles. The van der Waals surface area contributed by atoms with Crippen LogP contribution in [0.3, 0.4) is 0 Å². The van der Waals surface area contributed by atoms with Crippen LogP contribution in [0.15, 0.2) is 48.5 Å². The summed E-state index contributed by atoms with van der Waals surface area (Å²) >= 11 is 0. The summed E-state index contributed by atoms with van der Waals surface area (Å²) < 4.78 is 35.6. The average Bonchev–Trinajstić information content (AvgIpc) is 3.18. The van der Waals surface area contributed by atoms with E-state index < -0.39 is 15.2 Å². The maximum Gasteiger partial charge on any atom is 2.00 e. The Balaban J connectivity index is 0.00000104. The molecule has 0 aliphatic heterocycles.